The lowest BCUT2D eigenvalue weighted by Crippen LogP contribution is -3.00. The third-order valence-corrected chi connectivity index (χ3v) is 3.05. The maximum Gasteiger partial charge on any atom is 0.127 e. The minimum Gasteiger partial charge on any atom is -1.00 e. The molecule has 0 aliphatic heterocycles. The predicted octanol–water partition coefficient (Wildman–Crippen LogP) is 0.137. The van der Waals surface area contributed by atoms with E-state index in [9.17, 15) is 4.39 Å². The largest absolute Gasteiger partial charge is 1.00 e. The second-order valence-electron chi connectivity index (χ2n) is 4.41. The molecule has 0 heterocycles. The Labute approximate surface area is 134 Å². The van der Waals surface area contributed by atoms with Crippen molar-refractivity contribution in [3.63, 3.8) is 0 Å². The molecule has 0 unspecified atom stereocenters. The van der Waals surface area contributed by atoms with E-state index >= 15 is 0 Å². The van der Waals surface area contributed by atoms with Crippen LogP contribution >= 0.6 is 0 Å². The van der Waals surface area contributed by atoms with Gasteiger partial charge in [-0.2, -0.15) is 0 Å². The van der Waals surface area contributed by atoms with Crippen LogP contribution in [0.25, 0.3) is 0 Å². The van der Waals surface area contributed by atoms with Crippen LogP contribution in [-0.2, 0) is 13.1 Å². The second kappa shape index (κ2) is 8.64. The molecule has 0 saturated carbocycles. The number of benzene rings is 2. The summed E-state index contributed by atoms with van der Waals surface area (Å²) in [6, 6.07) is 12.2. The molecule has 2 aromatic carbocycles. The lowest BCUT2D eigenvalue weighted by atomic mass is 10.1. The van der Waals surface area contributed by atoms with Crippen molar-refractivity contribution in [3.8, 4) is 11.5 Å². The van der Waals surface area contributed by atoms with Crippen LogP contribution in [0.5, 0.6) is 11.5 Å². The zero-order valence-electron chi connectivity index (χ0n) is 12.0. The number of hydrogen-bond donors (Lipinski definition) is 1. The summed E-state index contributed by atoms with van der Waals surface area (Å²) in [6.07, 6.45) is 0. The van der Waals surface area contributed by atoms with Crippen LogP contribution in [0.3, 0.4) is 0 Å². The molecule has 0 aliphatic rings. The maximum absolute atomic E-state index is 12.8. The molecule has 0 atom stereocenters. The molecule has 0 aliphatic carbocycles. The predicted molar refractivity (Wildman–Crippen MR) is 76.5 cm³/mol. The standard InChI is InChI=1S/C16H18FNO2.BrH/c1-19-15-8-5-13(16(9-15)20-2)11-18-10-12-3-6-14(17)7-4-12;/h3-9,18H,10-11H2,1-2H3;1H/p-1. The quantitative estimate of drug-likeness (QED) is 0.800. The van der Waals surface area contributed by atoms with Gasteiger partial charge in [0.05, 0.1) is 14.2 Å². The Morgan fingerprint density at radius 1 is 0.952 bits per heavy atom. The van der Waals surface area contributed by atoms with Crippen molar-refractivity contribution in [3.05, 3.63) is 59.4 Å². The Morgan fingerprint density at radius 3 is 2.29 bits per heavy atom. The van der Waals surface area contributed by atoms with E-state index < -0.39 is 0 Å². The Bertz CT molecular complexity index is 561. The van der Waals surface area contributed by atoms with E-state index in [4.69, 9.17) is 9.47 Å². The van der Waals surface area contributed by atoms with Crippen LogP contribution in [0.1, 0.15) is 11.1 Å². The lowest BCUT2D eigenvalue weighted by Gasteiger charge is -2.11. The molecule has 114 valence electrons. The molecule has 0 saturated heterocycles. The zero-order valence-corrected chi connectivity index (χ0v) is 13.6. The summed E-state index contributed by atoms with van der Waals surface area (Å²) in [6.45, 7) is 1.35. The van der Waals surface area contributed by atoms with Gasteiger partial charge in [-0.3, -0.25) is 0 Å². The van der Waals surface area contributed by atoms with Gasteiger partial charge in [0.2, 0.25) is 0 Å². The minimum atomic E-state index is -0.217. The fraction of sp³-hybridized carbons (Fsp3) is 0.250. The van der Waals surface area contributed by atoms with Crippen LogP contribution in [0.4, 0.5) is 4.39 Å². The first-order valence-electron chi connectivity index (χ1n) is 6.39. The molecule has 1 N–H and O–H groups in total. The van der Waals surface area contributed by atoms with Gasteiger partial charge >= 0.3 is 0 Å². The van der Waals surface area contributed by atoms with E-state index in [1.54, 1.807) is 26.4 Å². The molecule has 0 spiro atoms. The summed E-state index contributed by atoms with van der Waals surface area (Å²) in [4.78, 5) is 0. The smallest absolute Gasteiger partial charge is 0.127 e. The van der Waals surface area contributed by atoms with Crippen LogP contribution in [0, 0.1) is 5.82 Å². The number of nitrogens with one attached hydrogen (secondary N) is 1. The van der Waals surface area contributed by atoms with Crippen molar-refractivity contribution >= 4 is 0 Å². The van der Waals surface area contributed by atoms with Gasteiger partial charge in [-0.1, -0.05) is 18.2 Å². The summed E-state index contributed by atoms with van der Waals surface area (Å²) >= 11 is 0. The molecular weight excluding hydrogens is 337 g/mol. The van der Waals surface area contributed by atoms with E-state index in [2.05, 4.69) is 5.32 Å². The first-order valence-corrected chi connectivity index (χ1v) is 6.39. The number of hydrogen-bond acceptors (Lipinski definition) is 3. The third kappa shape index (κ3) is 5.02. The SMILES string of the molecule is COc1ccc(CNCc2ccc(F)cc2)c(OC)c1.[Br-]. The van der Waals surface area contributed by atoms with Crippen molar-refractivity contribution in [2.45, 2.75) is 13.1 Å². The van der Waals surface area contributed by atoms with E-state index in [0.29, 0.717) is 13.1 Å². The molecule has 0 amide bonds. The zero-order chi connectivity index (χ0) is 14.4. The van der Waals surface area contributed by atoms with Crippen molar-refractivity contribution in [1.29, 1.82) is 0 Å². The van der Waals surface area contributed by atoms with Crippen LogP contribution < -0.4 is 31.8 Å². The van der Waals surface area contributed by atoms with Crippen LogP contribution in [-0.4, -0.2) is 14.2 Å². The second-order valence-corrected chi connectivity index (χ2v) is 4.41. The summed E-state index contributed by atoms with van der Waals surface area (Å²) in [5, 5.41) is 3.31. The number of halogens is 2. The monoisotopic (exact) mass is 354 g/mol. The van der Waals surface area contributed by atoms with Gasteiger partial charge < -0.3 is 31.8 Å². The first-order chi connectivity index (χ1) is 9.72. The Hall–Kier alpha value is -1.59. The Kier molecular flexibility index (Phi) is 7.19. The number of rotatable bonds is 6. The topological polar surface area (TPSA) is 30.5 Å². The van der Waals surface area contributed by atoms with E-state index in [0.717, 1.165) is 22.6 Å². The van der Waals surface area contributed by atoms with E-state index in [1.165, 1.54) is 12.1 Å². The third-order valence-electron chi connectivity index (χ3n) is 3.05. The van der Waals surface area contributed by atoms with Crippen LogP contribution in [0.2, 0.25) is 0 Å². The number of methoxy groups -OCH3 is 2. The van der Waals surface area contributed by atoms with Crippen molar-refractivity contribution in [2.75, 3.05) is 14.2 Å². The molecule has 21 heavy (non-hydrogen) atoms. The normalized spacial score (nSPS) is 9.86. The average Bonchev–Trinajstić information content (AvgIpc) is 2.49. The summed E-state index contributed by atoms with van der Waals surface area (Å²) in [5.74, 6) is 1.34. The highest BCUT2D eigenvalue weighted by Crippen LogP contribution is 2.24. The minimum absolute atomic E-state index is 0. The van der Waals surface area contributed by atoms with E-state index in [1.807, 2.05) is 18.2 Å². The van der Waals surface area contributed by atoms with Crippen molar-refractivity contribution in [1.82, 2.24) is 5.32 Å². The first kappa shape index (κ1) is 17.5. The van der Waals surface area contributed by atoms with Gasteiger partial charge in [0.1, 0.15) is 17.3 Å². The highest BCUT2D eigenvalue weighted by molar-refractivity contribution is 5.40. The molecule has 2 aromatic rings. The summed E-state index contributed by atoms with van der Waals surface area (Å²) < 4.78 is 23.3. The Morgan fingerprint density at radius 2 is 1.67 bits per heavy atom. The molecule has 5 heteroatoms. The fourth-order valence-corrected chi connectivity index (χ4v) is 1.94. The van der Waals surface area contributed by atoms with Gasteiger partial charge in [-0.25, -0.2) is 4.39 Å². The van der Waals surface area contributed by atoms with Gasteiger partial charge in [0.25, 0.3) is 0 Å². The van der Waals surface area contributed by atoms with Crippen LogP contribution in [0.15, 0.2) is 42.5 Å². The molecule has 0 aromatic heterocycles. The Balaban J connectivity index is 0.00000220. The van der Waals surface area contributed by atoms with Crippen molar-refractivity contribution in [2.24, 2.45) is 0 Å². The molecular formula is C16H18BrFNO2-. The fourth-order valence-electron chi connectivity index (χ4n) is 1.94. The van der Waals surface area contributed by atoms with Gasteiger partial charge in [0, 0.05) is 24.7 Å². The van der Waals surface area contributed by atoms with Gasteiger partial charge in [-0.15, -0.1) is 0 Å². The molecule has 0 bridgehead atoms. The van der Waals surface area contributed by atoms with Gasteiger partial charge in [0.15, 0.2) is 0 Å². The molecule has 0 radical (unpaired) electrons. The average molecular weight is 355 g/mol. The molecule has 2 rings (SSSR count). The highest BCUT2D eigenvalue weighted by atomic mass is 79.9. The molecule has 3 nitrogen and oxygen atoms in total. The van der Waals surface area contributed by atoms with E-state index in [-0.39, 0.29) is 22.8 Å². The van der Waals surface area contributed by atoms with Gasteiger partial charge in [-0.05, 0) is 23.8 Å². The highest BCUT2D eigenvalue weighted by Gasteiger charge is 2.04. The van der Waals surface area contributed by atoms with Crippen molar-refractivity contribution < 1.29 is 30.8 Å². The summed E-state index contributed by atoms with van der Waals surface area (Å²) in [7, 11) is 3.26. The number of ether oxygens (including phenoxy) is 2. The molecule has 0 fully saturated rings. The lowest BCUT2D eigenvalue weighted by molar-refractivity contribution is -0.00000536. The summed E-state index contributed by atoms with van der Waals surface area (Å²) in [5.41, 5.74) is 2.09. The maximum atomic E-state index is 12.8.